The van der Waals surface area contributed by atoms with Gasteiger partial charge in [-0.3, -0.25) is 4.90 Å². The van der Waals surface area contributed by atoms with Crippen LogP contribution < -0.4 is 5.32 Å². The third-order valence-electron chi connectivity index (χ3n) is 4.14. The molecule has 18 heavy (non-hydrogen) atoms. The van der Waals surface area contributed by atoms with E-state index in [0.29, 0.717) is 6.04 Å². The zero-order valence-electron chi connectivity index (χ0n) is 12.5. The molecule has 0 aliphatic carbocycles. The first kappa shape index (κ1) is 15.9. The molecule has 0 aromatic carbocycles. The molecule has 2 atom stereocenters. The largest absolute Gasteiger partial charge is 0.380 e. The number of hydrogen-bond donors (Lipinski definition) is 1. The number of likely N-dealkylation sites (N-methyl/N-ethyl adjacent to an activating group) is 1. The van der Waals surface area contributed by atoms with Gasteiger partial charge in [0.2, 0.25) is 0 Å². The molecule has 0 radical (unpaired) electrons. The molecule has 0 aromatic rings. The molecule has 4 nitrogen and oxygen atoms in total. The van der Waals surface area contributed by atoms with Gasteiger partial charge in [0, 0.05) is 31.3 Å². The maximum atomic E-state index is 5.67. The summed E-state index contributed by atoms with van der Waals surface area (Å²) in [4.78, 5) is 2.56. The Hall–Kier alpha value is -0.160. The minimum Gasteiger partial charge on any atom is -0.380 e. The minimum absolute atomic E-state index is 0.148. The number of nitrogens with one attached hydrogen (secondary N) is 1. The zero-order valence-corrected chi connectivity index (χ0v) is 12.5. The van der Waals surface area contributed by atoms with Crippen LogP contribution in [-0.4, -0.2) is 62.5 Å². The van der Waals surface area contributed by atoms with Gasteiger partial charge in [-0.05, 0) is 26.8 Å². The van der Waals surface area contributed by atoms with Crippen molar-refractivity contribution in [1.29, 1.82) is 0 Å². The van der Waals surface area contributed by atoms with E-state index in [2.05, 4.69) is 37.9 Å². The molecule has 1 heterocycles. The molecule has 2 unspecified atom stereocenters. The summed E-state index contributed by atoms with van der Waals surface area (Å²) < 4.78 is 11.1. The van der Waals surface area contributed by atoms with Gasteiger partial charge in [-0.25, -0.2) is 0 Å². The van der Waals surface area contributed by atoms with Crippen molar-refractivity contribution in [1.82, 2.24) is 10.2 Å². The number of ether oxygens (including phenoxy) is 2. The summed E-state index contributed by atoms with van der Waals surface area (Å²) in [6, 6.07) is 0.380. The van der Waals surface area contributed by atoms with Crippen LogP contribution in [-0.2, 0) is 9.47 Å². The van der Waals surface area contributed by atoms with Crippen LogP contribution in [0.1, 0.15) is 34.1 Å². The molecule has 1 saturated heterocycles. The first-order valence-electron chi connectivity index (χ1n) is 7.32. The summed E-state index contributed by atoms with van der Waals surface area (Å²) in [7, 11) is 0. The fourth-order valence-corrected chi connectivity index (χ4v) is 2.70. The Morgan fingerprint density at radius 1 is 1.28 bits per heavy atom. The SMILES string of the molecule is CCNC(COCC)C(C)(CC)N1CCOCC1. The molecule has 0 saturated carbocycles. The summed E-state index contributed by atoms with van der Waals surface area (Å²) in [6.07, 6.45) is 1.12. The van der Waals surface area contributed by atoms with Crippen LogP contribution in [0.3, 0.4) is 0 Å². The lowest BCUT2D eigenvalue weighted by atomic mass is 9.87. The number of hydrogen-bond acceptors (Lipinski definition) is 4. The van der Waals surface area contributed by atoms with Crippen molar-refractivity contribution in [2.75, 3.05) is 46.1 Å². The second-order valence-corrected chi connectivity index (χ2v) is 5.08. The highest BCUT2D eigenvalue weighted by molar-refractivity contribution is 4.97. The quantitative estimate of drug-likeness (QED) is 0.715. The van der Waals surface area contributed by atoms with Gasteiger partial charge in [-0.2, -0.15) is 0 Å². The lowest BCUT2D eigenvalue weighted by Crippen LogP contribution is -2.63. The Kier molecular flexibility index (Phi) is 7.15. The average molecular weight is 258 g/mol. The highest BCUT2D eigenvalue weighted by atomic mass is 16.5. The Labute approximate surface area is 112 Å². The van der Waals surface area contributed by atoms with Crippen LogP contribution in [0.25, 0.3) is 0 Å². The monoisotopic (exact) mass is 258 g/mol. The van der Waals surface area contributed by atoms with E-state index in [1.807, 2.05) is 0 Å². The van der Waals surface area contributed by atoms with E-state index >= 15 is 0 Å². The fraction of sp³-hybridized carbons (Fsp3) is 1.00. The van der Waals surface area contributed by atoms with Gasteiger partial charge in [-0.15, -0.1) is 0 Å². The molecule has 0 bridgehead atoms. The smallest absolute Gasteiger partial charge is 0.0637 e. The molecule has 1 fully saturated rings. The van der Waals surface area contributed by atoms with Gasteiger partial charge in [0.05, 0.1) is 19.8 Å². The van der Waals surface area contributed by atoms with E-state index in [1.165, 1.54) is 0 Å². The van der Waals surface area contributed by atoms with Gasteiger partial charge in [0.1, 0.15) is 0 Å². The van der Waals surface area contributed by atoms with Gasteiger partial charge >= 0.3 is 0 Å². The van der Waals surface area contributed by atoms with Gasteiger partial charge in [0.15, 0.2) is 0 Å². The number of morpholine rings is 1. The second-order valence-electron chi connectivity index (χ2n) is 5.08. The highest BCUT2D eigenvalue weighted by Crippen LogP contribution is 2.25. The Morgan fingerprint density at radius 3 is 2.44 bits per heavy atom. The van der Waals surface area contributed by atoms with Crippen molar-refractivity contribution in [3.05, 3.63) is 0 Å². The first-order chi connectivity index (χ1) is 8.69. The summed E-state index contributed by atoms with van der Waals surface area (Å²) in [6.45, 7) is 15.1. The molecular weight excluding hydrogens is 228 g/mol. The van der Waals surface area contributed by atoms with Gasteiger partial charge in [0.25, 0.3) is 0 Å². The second kappa shape index (κ2) is 8.10. The lowest BCUT2D eigenvalue weighted by Gasteiger charge is -2.48. The van der Waals surface area contributed by atoms with Crippen LogP contribution in [0.15, 0.2) is 0 Å². The lowest BCUT2D eigenvalue weighted by molar-refractivity contribution is -0.0455. The maximum Gasteiger partial charge on any atom is 0.0637 e. The van der Waals surface area contributed by atoms with E-state index in [1.54, 1.807) is 0 Å². The minimum atomic E-state index is 0.148. The van der Waals surface area contributed by atoms with Crippen molar-refractivity contribution in [3.8, 4) is 0 Å². The molecular formula is C14H30N2O2. The van der Waals surface area contributed by atoms with E-state index in [4.69, 9.17) is 9.47 Å². The number of rotatable bonds is 8. The summed E-state index contributed by atoms with van der Waals surface area (Å²) >= 11 is 0. The summed E-state index contributed by atoms with van der Waals surface area (Å²) in [5, 5.41) is 3.60. The fourth-order valence-electron chi connectivity index (χ4n) is 2.70. The molecule has 0 amide bonds. The van der Waals surface area contributed by atoms with Crippen molar-refractivity contribution in [2.24, 2.45) is 0 Å². The predicted octanol–water partition coefficient (Wildman–Crippen LogP) is 1.50. The zero-order chi connectivity index (χ0) is 13.4. The van der Waals surface area contributed by atoms with E-state index in [9.17, 15) is 0 Å². The number of nitrogens with zero attached hydrogens (tertiary/aromatic N) is 1. The average Bonchev–Trinajstić information content (AvgIpc) is 2.43. The summed E-state index contributed by atoms with van der Waals surface area (Å²) in [5.74, 6) is 0. The topological polar surface area (TPSA) is 33.7 Å². The Bertz CT molecular complexity index is 220. The molecule has 1 N–H and O–H groups in total. The van der Waals surface area contributed by atoms with Crippen LogP contribution in [0.2, 0.25) is 0 Å². The Morgan fingerprint density at radius 2 is 1.94 bits per heavy atom. The standard InChI is InChI=1S/C14H30N2O2/c1-5-14(4,16-8-10-18-11-9-16)13(15-6-2)12-17-7-3/h13,15H,5-12H2,1-4H3. The highest BCUT2D eigenvalue weighted by Gasteiger charge is 2.38. The van der Waals surface area contributed by atoms with Gasteiger partial charge in [-0.1, -0.05) is 13.8 Å². The van der Waals surface area contributed by atoms with Crippen LogP contribution in [0.5, 0.6) is 0 Å². The van der Waals surface area contributed by atoms with E-state index < -0.39 is 0 Å². The van der Waals surface area contributed by atoms with E-state index in [0.717, 1.165) is 52.5 Å². The molecule has 0 aromatic heterocycles. The predicted molar refractivity (Wildman–Crippen MR) is 75.0 cm³/mol. The molecule has 4 heteroatoms. The van der Waals surface area contributed by atoms with E-state index in [-0.39, 0.29) is 5.54 Å². The van der Waals surface area contributed by atoms with Crippen molar-refractivity contribution >= 4 is 0 Å². The molecule has 1 aliphatic heterocycles. The first-order valence-corrected chi connectivity index (χ1v) is 7.32. The third kappa shape index (κ3) is 3.92. The van der Waals surface area contributed by atoms with Crippen molar-refractivity contribution in [2.45, 2.75) is 45.7 Å². The molecule has 0 spiro atoms. The normalized spacial score (nSPS) is 22.7. The van der Waals surface area contributed by atoms with Crippen molar-refractivity contribution in [3.63, 3.8) is 0 Å². The molecule has 1 rings (SSSR count). The summed E-state index contributed by atoms with van der Waals surface area (Å²) in [5.41, 5.74) is 0.148. The third-order valence-corrected chi connectivity index (χ3v) is 4.14. The van der Waals surface area contributed by atoms with Crippen molar-refractivity contribution < 1.29 is 9.47 Å². The Balaban J connectivity index is 2.71. The van der Waals surface area contributed by atoms with Crippen LogP contribution in [0, 0.1) is 0 Å². The molecule has 1 aliphatic rings. The molecule has 108 valence electrons. The van der Waals surface area contributed by atoms with Crippen LogP contribution >= 0.6 is 0 Å². The van der Waals surface area contributed by atoms with Crippen LogP contribution in [0.4, 0.5) is 0 Å². The van der Waals surface area contributed by atoms with Gasteiger partial charge < -0.3 is 14.8 Å². The maximum absolute atomic E-state index is 5.67.